The Hall–Kier alpha value is -0.740. The van der Waals surface area contributed by atoms with Crippen LogP contribution < -0.4 is 4.90 Å². The number of hydrogen-bond donors (Lipinski definition) is 1. The fraction of sp³-hybridized carbons (Fsp3) is 0.571. The van der Waals surface area contributed by atoms with Gasteiger partial charge in [-0.25, -0.2) is 4.39 Å². The van der Waals surface area contributed by atoms with Gasteiger partial charge in [-0.05, 0) is 50.0 Å². The molecule has 1 rings (SSSR count). The molecular formula is C14H22FNOS. The largest absolute Gasteiger partial charge is 0.389 e. The molecule has 0 fully saturated rings. The zero-order chi connectivity index (χ0) is 13.7. The molecule has 2 nitrogen and oxygen atoms in total. The van der Waals surface area contributed by atoms with E-state index in [1.165, 1.54) is 6.07 Å². The molecule has 102 valence electrons. The third-order valence-corrected chi connectivity index (χ3v) is 3.71. The lowest BCUT2D eigenvalue weighted by molar-refractivity contribution is 0.199. The van der Waals surface area contributed by atoms with Crippen molar-refractivity contribution in [2.75, 3.05) is 30.5 Å². The van der Waals surface area contributed by atoms with Gasteiger partial charge >= 0.3 is 0 Å². The van der Waals surface area contributed by atoms with Crippen LogP contribution >= 0.6 is 11.8 Å². The molecule has 0 aliphatic carbocycles. The first-order chi connectivity index (χ1) is 8.47. The zero-order valence-corrected chi connectivity index (χ0v) is 12.4. The number of thioether (sulfide) groups is 1. The van der Waals surface area contributed by atoms with E-state index in [0.717, 1.165) is 24.4 Å². The summed E-state index contributed by atoms with van der Waals surface area (Å²) in [5.74, 6) is 0.848. The quantitative estimate of drug-likeness (QED) is 0.802. The van der Waals surface area contributed by atoms with Crippen molar-refractivity contribution in [3.63, 3.8) is 0 Å². The predicted molar refractivity (Wildman–Crippen MR) is 78.0 cm³/mol. The molecule has 1 N–H and O–H groups in total. The maximum absolute atomic E-state index is 13.6. The van der Waals surface area contributed by atoms with Gasteiger partial charge in [0.2, 0.25) is 0 Å². The van der Waals surface area contributed by atoms with Crippen LogP contribution in [0.1, 0.15) is 30.6 Å². The minimum Gasteiger partial charge on any atom is -0.389 e. The van der Waals surface area contributed by atoms with Crippen LogP contribution in [-0.2, 0) is 0 Å². The van der Waals surface area contributed by atoms with E-state index in [2.05, 4.69) is 11.2 Å². The van der Waals surface area contributed by atoms with Gasteiger partial charge in [0.05, 0.1) is 6.10 Å². The predicted octanol–water partition coefficient (Wildman–Crippen LogP) is 3.38. The van der Waals surface area contributed by atoms with E-state index >= 15 is 0 Å². The number of anilines is 1. The van der Waals surface area contributed by atoms with Gasteiger partial charge < -0.3 is 10.0 Å². The Labute approximate surface area is 113 Å². The molecular weight excluding hydrogens is 249 g/mol. The summed E-state index contributed by atoms with van der Waals surface area (Å²) in [5, 5.41) is 9.74. The van der Waals surface area contributed by atoms with E-state index < -0.39 is 6.10 Å². The Balaban J connectivity index is 2.94. The number of aliphatic hydroxyl groups excluding tert-OH is 1. The van der Waals surface area contributed by atoms with E-state index in [-0.39, 0.29) is 5.82 Å². The van der Waals surface area contributed by atoms with Crippen molar-refractivity contribution in [1.29, 1.82) is 0 Å². The number of aliphatic hydroxyl groups is 1. The molecule has 0 amide bonds. The summed E-state index contributed by atoms with van der Waals surface area (Å²) < 4.78 is 13.6. The molecule has 0 radical (unpaired) electrons. The lowest BCUT2D eigenvalue weighted by Crippen LogP contribution is -2.21. The first-order valence-corrected chi connectivity index (χ1v) is 7.55. The van der Waals surface area contributed by atoms with Crippen molar-refractivity contribution in [3.8, 4) is 0 Å². The number of aryl methyl sites for hydroxylation is 1. The standard InChI is InChI=1S/C14H22FNOS/c1-10-8-14(16(3)6-5-7-18-4)12(11(2)17)9-13(10)15/h8-9,11,17H,5-7H2,1-4H3/t11-/m0/s1. The minimum absolute atomic E-state index is 0.257. The van der Waals surface area contributed by atoms with Gasteiger partial charge in [-0.1, -0.05) is 0 Å². The fourth-order valence-corrected chi connectivity index (χ4v) is 2.33. The van der Waals surface area contributed by atoms with E-state index in [0.29, 0.717) is 11.1 Å². The lowest BCUT2D eigenvalue weighted by Gasteiger charge is -2.24. The molecule has 0 heterocycles. The number of nitrogens with zero attached hydrogens (tertiary/aromatic N) is 1. The van der Waals surface area contributed by atoms with E-state index in [1.54, 1.807) is 13.8 Å². The summed E-state index contributed by atoms with van der Waals surface area (Å²) in [6.45, 7) is 4.33. The molecule has 0 saturated carbocycles. The van der Waals surface area contributed by atoms with Crippen LogP contribution in [0.15, 0.2) is 12.1 Å². The van der Waals surface area contributed by atoms with Crippen molar-refractivity contribution in [3.05, 3.63) is 29.1 Å². The molecule has 4 heteroatoms. The summed E-state index contributed by atoms with van der Waals surface area (Å²) in [6, 6.07) is 3.26. The highest BCUT2D eigenvalue weighted by atomic mass is 32.2. The monoisotopic (exact) mass is 271 g/mol. The van der Waals surface area contributed by atoms with Gasteiger partial charge in [-0.2, -0.15) is 11.8 Å². The number of benzene rings is 1. The van der Waals surface area contributed by atoms with Crippen LogP contribution in [0.3, 0.4) is 0 Å². The average molecular weight is 271 g/mol. The molecule has 0 aromatic heterocycles. The molecule has 0 aliphatic rings. The van der Waals surface area contributed by atoms with Gasteiger partial charge in [0.1, 0.15) is 5.82 Å². The van der Waals surface area contributed by atoms with Crippen LogP contribution in [0, 0.1) is 12.7 Å². The summed E-state index contributed by atoms with van der Waals surface area (Å²) in [6.07, 6.45) is 2.51. The van der Waals surface area contributed by atoms with Crippen molar-refractivity contribution >= 4 is 17.4 Å². The number of halogens is 1. The molecule has 0 unspecified atom stereocenters. The maximum Gasteiger partial charge on any atom is 0.126 e. The van der Waals surface area contributed by atoms with Gasteiger partial charge in [-0.15, -0.1) is 0 Å². The third kappa shape index (κ3) is 3.89. The summed E-state index contributed by atoms with van der Waals surface area (Å²) in [4.78, 5) is 2.09. The fourth-order valence-electron chi connectivity index (χ4n) is 1.91. The molecule has 18 heavy (non-hydrogen) atoms. The molecule has 0 bridgehead atoms. The lowest BCUT2D eigenvalue weighted by atomic mass is 10.0. The second-order valence-corrected chi connectivity index (χ2v) is 5.59. The number of hydrogen-bond acceptors (Lipinski definition) is 3. The van der Waals surface area contributed by atoms with E-state index in [4.69, 9.17) is 0 Å². The van der Waals surface area contributed by atoms with Crippen LogP contribution in [0.5, 0.6) is 0 Å². The molecule has 0 spiro atoms. The first kappa shape index (κ1) is 15.3. The molecule has 1 atom stereocenters. The second-order valence-electron chi connectivity index (χ2n) is 4.60. The minimum atomic E-state index is -0.655. The van der Waals surface area contributed by atoms with Crippen LogP contribution in [0.25, 0.3) is 0 Å². The first-order valence-electron chi connectivity index (χ1n) is 6.15. The summed E-state index contributed by atoms with van der Waals surface area (Å²) >= 11 is 1.82. The Bertz CT molecular complexity index is 396. The summed E-state index contributed by atoms with van der Waals surface area (Å²) in [5.41, 5.74) is 2.20. The molecule has 0 saturated heterocycles. The highest BCUT2D eigenvalue weighted by Gasteiger charge is 2.14. The molecule has 1 aromatic rings. The van der Waals surface area contributed by atoms with E-state index in [1.807, 2.05) is 24.9 Å². The van der Waals surface area contributed by atoms with Gasteiger partial charge in [0, 0.05) is 24.8 Å². The van der Waals surface area contributed by atoms with Crippen molar-refractivity contribution in [2.45, 2.75) is 26.4 Å². The van der Waals surface area contributed by atoms with Gasteiger partial charge in [-0.3, -0.25) is 0 Å². The average Bonchev–Trinajstić information content (AvgIpc) is 2.32. The van der Waals surface area contributed by atoms with Gasteiger partial charge in [0.15, 0.2) is 0 Å². The molecule has 1 aromatic carbocycles. The van der Waals surface area contributed by atoms with Gasteiger partial charge in [0.25, 0.3) is 0 Å². The van der Waals surface area contributed by atoms with Crippen molar-refractivity contribution in [2.24, 2.45) is 0 Å². The normalized spacial score (nSPS) is 12.6. The van der Waals surface area contributed by atoms with Crippen molar-refractivity contribution in [1.82, 2.24) is 0 Å². The Morgan fingerprint density at radius 1 is 1.44 bits per heavy atom. The van der Waals surface area contributed by atoms with Crippen LogP contribution in [-0.4, -0.2) is 30.7 Å². The number of rotatable bonds is 6. The second kappa shape index (κ2) is 7.00. The summed E-state index contributed by atoms with van der Waals surface area (Å²) in [7, 11) is 1.99. The van der Waals surface area contributed by atoms with E-state index in [9.17, 15) is 9.50 Å². The SMILES string of the molecule is CSCCCN(C)c1cc(C)c(F)cc1[C@H](C)O. The Morgan fingerprint density at radius 2 is 2.11 bits per heavy atom. The zero-order valence-electron chi connectivity index (χ0n) is 11.5. The highest BCUT2D eigenvalue weighted by molar-refractivity contribution is 7.98. The van der Waals surface area contributed by atoms with Crippen LogP contribution in [0.4, 0.5) is 10.1 Å². The maximum atomic E-state index is 13.6. The Morgan fingerprint density at radius 3 is 2.67 bits per heavy atom. The van der Waals surface area contributed by atoms with Crippen LogP contribution in [0.2, 0.25) is 0 Å². The third-order valence-electron chi connectivity index (χ3n) is 3.01. The van der Waals surface area contributed by atoms with Crippen molar-refractivity contribution < 1.29 is 9.50 Å². The smallest absolute Gasteiger partial charge is 0.126 e. The topological polar surface area (TPSA) is 23.5 Å². The molecule has 0 aliphatic heterocycles. The highest BCUT2D eigenvalue weighted by Crippen LogP contribution is 2.28. The Kier molecular flexibility index (Phi) is 5.96.